The van der Waals surface area contributed by atoms with E-state index in [0.717, 1.165) is 0 Å². The van der Waals surface area contributed by atoms with Gasteiger partial charge in [-0.3, -0.25) is 4.79 Å². The Morgan fingerprint density at radius 2 is 1.75 bits per heavy atom. The van der Waals surface area contributed by atoms with Gasteiger partial charge in [0.25, 0.3) is 5.91 Å². The fourth-order valence-electron chi connectivity index (χ4n) is 1.75. The van der Waals surface area contributed by atoms with E-state index in [1.165, 1.54) is 0 Å². The van der Waals surface area contributed by atoms with E-state index in [1.54, 1.807) is 55.5 Å². The zero-order valence-corrected chi connectivity index (χ0v) is 13.7. The summed E-state index contributed by atoms with van der Waals surface area (Å²) in [5.74, 6) is 0.116. The maximum absolute atomic E-state index is 12.0. The molecule has 0 spiro atoms. The van der Waals surface area contributed by atoms with E-state index in [9.17, 15) is 9.59 Å². The molecule has 126 valence electrons. The van der Waals surface area contributed by atoms with Crippen molar-refractivity contribution in [1.29, 1.82) is 0 Å². The quantitative estimate of drug-likeness (QED) is 0.613. The van der Waals surface area contributed by atoms with Gasteiger partial charge in [0.2, 0.25) is 0 Å². The highest BCUT2D eigenvalue weighted by Gasteiger charge is 2.17. The largest absolute Gasteiger partial charge is 0.484 e. The van der Waals surface area contributed by atoms with E-state index >= 15 is 0 Å². The molecule has 0 heterocycles. The molecule has 1 amide bonds. The molecule has 2 rings (SSSR count). The van der Waals surface area contributed by atoms with Gasteiger partial charge in [0, 0.05) is 5.02 Å². The fraction of sp³-hybridized carbons (Fsp3) is 0.176. The Kier molecular flexibility index (Phi) is 6.03. The number of amides is 1. The van der Waals surface area contributed by atoms with Crippen LogP contribution in [-0.2, 0) is 9.59 Å². The average molecular weight is 350 g/mol. The minimum atomic E-state index is -0.811. The first kappa shape index (κ1) is 17.6. The van der Waals surface area contributed by atoms with E-state index in [-0.39, 0.29) is 6.61 Å². The summed E-state index contributed by atoms with van der Waals surface area (Å²) < 4.78 is 15.8. The number of carbonyl (C=O) groups excluding carboxylic acids is 2. The van der Waals surface area contributed by atoms with Crippen molar-refractivity contribution in [2.75, 3.05) is 6.61 Å². The minimum Gasteiger partial charge on any atom is -0.484 e. The summed E-state index contributed by atoms with van der Waals surface area (Å²) in [5, 5.41) is 0.514. The number of ether oxygens (including phenoxy) is 3. The average Bonchev–Trinajstić information content (AvgIpc) is 2.54. The van der Waals surface area contributed by atoms with Gasteiger partial charge in [0.15, 0.2) is 12.7 Å². The molecule has 6 nitrogen and oxygen atoms in total. The molecule has 0 aliphatic carbocycles. The Hall–Kier alpha value is -2.73. The summed E-state index contributed by atoms with van der Waals surface area (Å²) in [6.07, 6.45) is -0.811. The molecule has 2 aromatic rings. The van der Waals surface area contributed by atoms with Crippen LogP contribution in [0.5, 0.6) is 17.2 Å². The molecule has 7 heteroatoms. The molecule has 2 aromatic carbocycles. The third-order valence-corrected chi connectivity index (χ3v) is 3.10. The van der Waals surface area contributed by atoms with Crippen molar-refractivity contribution in [3.63, 3.8) is 0 Å². The second kappa shape index (κ2) is 8.21. The maximum atomic E-state index is 12.0. The van der Waals surface area contributed by atoms with Crippen molar-refractivity contribution in [3.8, 4) is 17.2 Å². The molecule has 2 N–H and O–H groups in total. The molecule has 0 saturated heterocycles. The monoisotopic (exact) mass is 349 g/mol. The lowest BCUT2D eigenvalue weighted by atomic mass is 10.3. The van der Waals surface area contributed by atoms with Crippen LogP contribution in [0.2, 0.25) is 5.02 Å². The summed E-state index contributed by atoms with van der Waals surface area (Å²) in [4.78, 5) is 22.7. The molecule has 0 aliphatic rings. The number of nitrogens with two attached hydrogens (primary N) is 1. The first-order chi connectivity index (χ1) is 11.4. The van der Waals surface area contributed by atoms with Crippen LogP contribution < -0.4 is 19.9 Å². The lowest BCUT2D eigenvalue weighted by molar-refractivity contribution is -0.141. The molecule has 24 heavy (non-hydrogen) atoms. The molecule has 1 atom stereocenters. The highest BCUT2D eigenvalue weighted by atomic mass is 35.5. The Morgan fingerprint density at radius 1 is 1.08 bits per heavy atom. The summed E-state index contributed by atoms with van der Waals surface area (Å²) in [5.41, 5.74) is 4.99. The van der Waals surface area contributed by atoms with E-state index in [4.69, 9.17) is 31.5 Å². The minimum absolute atomic E-state index is 0.219. The van der Waals surface area contributed by atoms with Gasteiger partial charge in [-0.1, -0.05) is 17.7 Å². The molecular formula is C17H16ClNO5. The number of esters is 1. The summed E-state index contributed by atoms with van der Waals surface area (Å²) in [6, 6.07) is 12.9. The summed E-state index contributed by atoms with van der Waals surface area (Å²) in [6.45, 7) is 1.36. The Bertz CT molecular complexity index is 717. The van der Waals surface area contributed by atoms with Crippen LogP contribution in [0, 0.1) is 0 Å². The van der Waals surface area contributed by atoms with Gasteiger partial charge >= 0.3 is 5.97 Å². The lowest BCUT2D eigenvalue weighted by Crippen LogP contribution is -2.28. The standard InChI is InChI=1S/C17H16ClNO5/c1-11(23-15-4-2-3-12(18)9-15)17(21)24-14-7-5-13(6-8-14)22-10-16(19)20/h2-9,11H,10H2,1H3,(H2,19,20). The normalized spacial score (nSPS) is 11.4. The van der Waals surface area contributed by atoms with Crippen molar-refractivity contribution in [3.05, 3.63) is 53.6 Å². The van der Waals surface area contributed by atoms with Crippen LogP contribution in [0.3, 0.4) is 0 Å². The molecule has 1 unspecified atom stereocenters. The Balaban J connectivity index is 1.90. The van der Waals surface area contributed by atoms with Crippen molar-refractivity contribution < 1.29 is 23.8 Å². The number of primary amides is 1. The first-order valence-electron chi connectivity index (χ1n) is 7.09. The molecular weight excluding hydrogens is 334 g/mol. The van der Waals surface area contributed by atoms with E-state index < -0.39 is 18.0 Å². The van der Waals surface area contributed by atoms with Crippen LogP contribution in [0.25, 0.3) is 0 Å². The van der Waals surface area contributed by atoms with Gasteiger partial charge in [-0.05, 0) is 49.4 Å². The van der Waals surface area contributed by atoms with Crippen LogP contribution in [0.15, 0.2) is 48.5 Å². The molecule has 0 fully saturated rings. The van der Waals surface area contributed by atoms with Crippen molar-refractivity contribution in [2.45, 2.75) is 13.0 Å². The zero-order valence-electron chi connectivity index (χ0n) is 12.9. The van der Waals surface area contributed by atoms with Crippen LogP contribution in [0.4, 0.5) is 0 Å². The van der Waals surface area contributed by atoms with E-state index in [2.05, 4.69) is 0 Å². The summed E-state index contributed by atoms with van der Waals surface area (Å²) >= 11 is 5.86. The number of benzene rings is 2. The SMILES string of the molecule is CC(Oc1cccc(Cl)c1)C(=O)Oc1ccc(OCC(N)=O)cc1. The van der Waals surface area contributed by atoms with Crippen molar-refractivity contribution in [2.24, 2.45) is 5.73 Å². The highest BCUT2D eigenvalue weighted by molar-refractivity contribution is 6.30. The molecule has 0 saturated carbocycles. The number of rotatable bonds is 7. The van der Waals surface area contributed by atoms with E-state index in [0.29, 0.717) is 22.3 Å². The van der Waals surface area contributed by atoms with Gasteiger partial charge in [0.05, 0.1) is 0 Å². The van der Waals surface area contributed by atoms with Crippen LogP contribution in [0.1, 0.15) is 6.92 Å². The van der Waals surface area contributed by atoms with Crippen LogP contribution in [-0.4, -0.2) is 24.6 Å². The highest BCUT2D eigenvalue weighted by Crippen LogP contribution is 2.20. The predicted molar refractivity (Wildman–Crippen MR) is 88.3 cm³/mol. The smallest absolute Gasteiger partial charge is 0.352 e. The predicted octanol–water partition coefficient (Wildman–Crippen LogP) is 2.58. The topological polar surface area (TPSA) is 87.8 Å². The zero-order chi connectivity index (χ0) is 17.5. The number of hydrogen-bond acceptors (Lipinski definition) is 5. The Morgan fingerprint density at radius 3 is 2.38 bits per heavy atom. The number of halogens is 1. The second-order valence-electron chi connectivity index (χ2n) is 4.86. The van der Waals surface area contributed by atoms with Crippen molar-refractivity contribution in [1.82, 2.24) is 0 Å². The molecule has 0 radical (unpaired) electrons. The molecule has 0 aliphatic heterocycles. The van der Waals surface area contributed by atoms with Gasteiger partial charge in [-0.25, -0.2) is 4.79 Å². The van der Waals surface area contributed by atoms with Gasteiger partial charge < -0.3 is 19.9 Å². The van der Waals surface area contributed by atoms with Gasteiger partial charge in [0.1, 0.15) is 17.2 Å². The lowest BCUT2D eigenvalue weighted by Gasteiger charge is -2.14. The van der Waals surface area contributed by atoms with Crippen molar-refractivity contribution >= 4 is 23.5 Å². The Labute approximate surface area is 144 Å². The first-order valence-corrected chi connectivity index (χ1v) is 7.47. The second-order valence-corrected chi connectivity index (χ2v) is 5.30. The number of carbonyl (C=O) groups is 2. The van der Waals surface area contributed by atoms with E-state index in [1.807, 2.05) is 0 Å². The van der Waals surface area contributed by atoms with Gasteiger partial charge in [-0.2, -0.15) is 0 Å². The third kappa shape index (κ3) is 5.48. The number of hydrogen-bond donors (Lipinski definition) is 1. The molecule has 0 bridgehead atoms. The molecule has 0 aromatic heterocycles. The fourth-order valence-corrected chi connectivity index (χ4v) is 1.93. The maximum Gasteiger partial charge on any atom is 0.352 e. The summed E-state index contributed by atoms with van der Waals surface area (Å²) in [7, 11) is 0. The van der Waals surface area contributed by atoms with Gasteiger partial charge in [-0.15, -0.1) is 0 Å². The third-order valence-electron chi connectivity index (χ3n) is 2.86. The van der Waals surface area contributed by atoms with Crippen LogP contribution >= 0.6 is 11.6 Å².